The maximum absolute atomic E-state index is 4.01. The van der Waals surface area contributed by atoms with Crippen LogP contribution in [-0.4, -0.2) is 15.0 Å². The number of hydrogen-bond donors (Lipinski definition) is 1. The van der Waals surface area contributed by atoms with Gasteiger partial charge in [-0.15, -0.1) is 0 Å². The highest BCUT2D eigenvalue weighted by Crippen LogP contribution is 2.00. The largest absolute Gasteiger partial charge is 0.339 e. The third-order valence-corrected chi connectivity index (χ3v) is 1.25. The molecule has 0 radical (unpaired) electrons. The predicted molar refractivity (Wildman–Crippen MR) is 42.6 cm³/mol. The lowest BCUT2D eigenvalue weighted by Crippen LogP contribution is -1.98. The first-order valence-corrected chi connectivity index (χ1v) is 3.46. The van der Waals surface area contributed by atoms with Crippen molar-refractivity contribution in [3.63, 3.8) is 0 Å². The van der Waals surface area contributed by atoms with Crippen LogP contribution in [0.1, 0.15) is 11.6 Å². The van der Waals surface area contributed by atoms with E-state index in [2.05, 4.69) is 29.4 Å². The van der Waals surface area contributed by atoms with Crippen LogP contribution in [0, 0.1) is 13.8 Å². The lowest BCUT2D eigenvalue weighted by atomic mass is 10.6. The number of aromatic nitrogens is 3. The molecule has 1 aromatic rings. The maximum atomic E-state index is 4.01. The first kappa shape index (κ1) is 7.35. The summed E-state index contributed by atoms with van der Waals surface area (Å²) in [4.78, 5) is 12.0. The number of nitrogens with zero attached hydrogens (tertiary/aromatic N) is 3. The van der Waals surface area contributed by atoms with Gasteiger partial charge in [0.15, 0.2) is 0 Å². The van der Waals surface area contributed by atoms with Crippen molar-refractivity contribution in [1.29, 1.82) is 0 Å². The molecule has 0 aromatic carbocycles. The van der Waals surface area contributed by atoms with Crippen LogP contribution in [0.5, 0.6) is 0 Å². The van der Waals surface area contributed by atoms with Crippen LogP contribution < -0.4 is 5.09 Å². The molecular weight excluding hydrogens is 147 g/mol. The quantitative estimate of drug-likeness (QED) is 0.608. The first-order chi connectivity index (χ1) is 4.72. The minimum atomic E-state index is 0.593. The van der Waals surface area contributed by atoms with Crippen LogP contribution in [0.25, 0.3) is 0 Å². The van der Waals surface area contributed by atoms with Gasteiger partial charge in [0.1, 0.15) is 11.6 Å². The summed E-state index contributed by atoms with van der Waals surface area (Å²) in [5.41, 5.74) is 0. The lowest BCUT2D eigenvalue weighted by Gasteiger charge is -1.98. The molecule has 1 N–H and O–H groups in total. The van der Waals surface area contributed by atoms with Crippen LogP contribution in [0.2, 0.25) is 0 Å². The molecule has 0 spiro atoms. The highest BCUT2D eigenvalue weighted by Gasteiger charge is 1.95. The molecule has 4 nitrogen and oxygen atoms in total. The van der Waals surface area contributed by atoms with Crippen molar-refractivity contribution >= 4 is 15.3 Å². The topological polar surface area (TPSA) is 50.7 Å². The van der Waals surface area contributed by atoms with E-state index >= 15 is 0 Å². The summed E-state index contributed by atoms with van der Waals surface area (Å²) >= 11 is 0. The van der Waals surface area contributed by atoms with E-state index in [0.717, 1.165) is 11.6 Å². The third-order valence-electron chi connectivity index (χ3n) is 0.988. The lowest BCUT2D eigenvalue weighted by molar-refractivity contribution is 0.933. The molecule has 0 aliphatic carbocycles. The van der Waals surface area contributed by atoms with E-state index in [1.165, 1.54) is 0 Å². The molecule has 1 atom stereocenters. The molecule has 0 saturated heterocycles. The molecule has 0 fully saturated rings. The van der Waals surface area contributed by atoms with E-state index in [1.54, 1.807) is 0 Å². The maximum Gasteiger partial charge on any atom is 0.229 e. The Bertz CT molecular complexity index is 217. The van der Waals surface area contributed by atoms with E-state index in [9.17, 15) is 0 Å². The zero-order chi connectivity index (χ0) is 7.56. The highest BCUT2D eigenvalue weighted by molar-refractivity contribution is 7.18. The van der Waals surface area contributed by atoms with E-state index in [1.807, 2.05) is 13.8 Å². The molecule has 0 saturated carbocycles. The smallest absolute Gasteiger partial charge is 0.229 e. The van der Waals surface area contributed by atoms with Gasteiger partial charge in [-0.25, -0.2) is 4.98 Å². The van der Waals surface area contributed by atoms with Crippen LogP contribution >= 0.6 is 9.39 Å². The van der Waals surface area contributed by atoms with Gasteiger partial charge in [0.2, 0.25) is 5.95 Å². The first-order valence-electron chi connectivity index (χ1n) is 2.88. The van der Waals surface area contributed by atoms with Gasteiger partial charge in [-0.1, -0.05) is 0 Å². The molecule has 54 valence electrons. The zero-order valence-corrected chi connectivity index (χ0v) is 7.07. The summed E-state index contributed by atoms with van der Waals surface area (Å²) in [6.45, 7) is 3.67. The van der Waals surface area contributed by atoms with E-state index < -0.39 is 0 Å². The third kappa shape index (κ3) is 1.61. The number of nitrogens with one attached hydrogen (secondary N) is 1. The Labute approximate surface area is 61.8 Å². The Hall–Kier alpha value is -0.760. The second-order valence-electron chi connectivity index (χ2n) is 1.90. The van der Waals surface area contributed by atoms with Gasteiger partial charge in [-0.2, -0.15) is 9.97 Å². The van der Waals surface area contributed by atoms with Gasteiger partial charge in [0.25, 0.3) is 0 Å². The van der Waals surface area contributed by atoms with Gasteiger partial charge in [-0.3, -0.25) is 0 Å². The minimum absolute atomic E-state index is 0.593. The van der Waals surface area contributed by atoms with Crippen LogP contribution in [-0.2, 0) is 0 Å². The van der Waals surface area contributed by atoms with E-state index in [0.29, 0.717) is 5.95 Å². The molecule has 1 heterocycles. The van der Waals surface area contributed by atoms with Crippen LogP contribution in [0.3, 0.4) is 0 Å². The molecule has 1 aromatic heterocycles. The average molecular weight is 156 g/mol. The molecular formula is C5H9N4P. The Morgan fingerprint density at radius 2 is 1.60 bits per heavy atom. The monoisotopic (exact) mass is 156 g/mol. The van der Waals surface area contributed by atoms with Gasteiger partial charge < -0.3 is 5.09 Å². The molecule has 5 heteroatoms. The fourth-order valence-electron chi connectivity index (χ4n) is 0.680. The Balaban J connectivity index is 3.06. The van der Waals surface area contributed by atoms with Crippen molar-refractivity contribution in [2.24, 2.45) is 0 Å². The van der Waals surface area contributed by atoms with Gasteiger partial charge >= 0.3 is 0 Å². The highest BCUT2D eigenvalue weighted by atomic mass is 31.0. The molecule has 0 aliphatic rings. The molecule has 1 rings (SSSR count). The number of aryl methyl sites for hydroxylation is 2. The van der Waals surface area contributed by atoms with Gasteiger partial charge in [0, 0.05) is 0 Å². The molecule has 0 bridgehead atoms. The zero-order valence-electron chi connectivity index (χ0n) is 5.92. The van der Waals surface area contributed by atoms with Crippen LogP contribution in [0.4, 0.5) is 5.95 Å². The SMILES string of the molecule is Cc1nc(C)nc(NP)n1. The van der Waals surface area contributed by atoms with E-state index in [-0.39, 0.29) is 0 Å². The molecule has 0 aliphatic heterocycles. The fourth-order valence-corrected chi connectivity index (χ4v) is 0.809. The van der Waals surface area contributed by atoms with Gasteiger partial charge in [-0.05, 0) is 23.2 Å². The normalized spacial score (nSPS) is 9.50. The van der Waals surface area contributed by atoms with Crippen molar-refractivity contribution in [3.05, 3.63) is 11.6 Å². The van der Waals surface area contributed by atoms with Crippen molar-refractivity contribution in [3.8, 4) is 0 Å². The summed E-state index contributed by atoms with van der Waals surface area (Å²) in [5, 5.41) is 2.76. The number of hydrogen-bond acceptors (Lipinski definition) is 4. The summed E-state index contributed by atoms with van der Waals surface area (Å²) in [6.07, 6.45) is 0. The van der Waals surface area contributed by atoms with Gasteiger partial charge in [0.05, 0.1) is 0 Å². The minimum Gasteiger partial charge on any atom is -0.339 e. The Morgan fingerprint density at radius 3 is 2.00 bits per heavy atom. The van der Waals surface area contributed by atoms with Crippen LogP contribution in [0.15, 0.2) is 0 Å². The second kappa shape index (κ2) is 2.88. The number of anilines is 1. The summed E-state index contributed by atoms with van der Waals surface area (Å²) in [6, 6.07) is 0. The van der Waals surface area contributed by atoms with E-state index in [4.69, 9.17) is 0 Å². The molecule has 0 amide bonds. The summed E-state index contributed by atoms with van der Waals surface area (Å²) in [5.74, 6) is 2.06. The van der Waals surface area contributed by atoms with Crippen molar-refractivity contribution < 1.29 is 0 Å². The van der Waals surface area contributed by atoms with Crippen molar-refractivity contribution in [1.82, 2.24) is 15.0 Å². The Morgan fingerprint density at radius 1 is 1.10 bits per heavy atom. The molecule has 1 unspecified atom stereocenters. The molecule has 10 heavy (non-hydrogen) atoms. The fraction of sp³-hybridized carbons (Fsp3) is 0.400. The standard InChI is InChI=1S/C5H9N4P/c1-3-6-4(2)8-5(7-3)9-10/h10H2,1-2H3,(H,6,7,8,9). The predicted octanol–water partition coefficient (Wildman–Crippen LogP) is 0.690. The summed E-state index contributed by atoms with van der Waals surface area (Å²) in [7, 11) is 2.34. The second-order valence-corrected chi connectivity index (χ2v) is 2.19. The average Bonchev–Trinajstić information content (AvgIpc) is 1.85. The van der Waals surface area contributed by atoms with Crippen molar-refractivity contribution in [2.75, 3.05) is 5.09 Å². The van der Waals surface area contributed by atoms with Crippen molar-refractivity contribution in [2.45, 2.75) is 13.8 Å². The summed E-state index contributed by atoms with van der Waals surface area (Å²) < 4.78 is 0. The number of rotatable bonds is 1. The Kier molecular flexibility index (Phi) is 2.12.